The van der Waals surface area contributed by atoms with Crippen LogP contribution in [-0.2, 0) is 6.67 Å². The summed E-state index contributed by atoms with van der Waals surface area (Å²) < 4.78 is 4.76. The molecule has 0 saturated carbocycles. The minimum Gasteiger partial charge on any atom is -0.277 e. The molecule has 1 saturated heterocycles. The first kappa shape index (κ1) is 21.7. The van der Waals surface area contributed by atoms with E-state index in [1.54, 1.807) is 6.20 Å². The molecular weight excluding hydrogens is 428 g/mol. The van der Waals surface area contributed by atoms with Gasteiger partial charge in [-0.15, -0.1) is 5.10 Å². The Morgan fingerprint density at radius 1 is 1.00 bits per heavy atom. The van der Waals surface area contributed by atoms with Crippen LogP contribution in [-0.4, -0.2) is 35.8 Å². The molecule has 1 unspecified atom stereocenters. The molecule has 0 aliphatic carbocycles. The van der Waals surface area contributed by atoms with Crippen molar-refractivity contribution in [2.75, 3.05) is 6.54 Å². The zero-order valence-corrected chi connectivity index (χ0v) is 19.8. The molecule has 7 heteroatoms. The van der Waals surface area contributed by atoms with E-state index in [2.05, 4.69) is 63.6 Å². The highest BCUT2D eigenvalue weighted by molar-refractivity contribution is 7.71. The Labute approximate surface area is 199 Å². The Kier molecular flexibility index (Phi) is 6.15. The second kappa shape index (κ2) is 9.37. The monoisotopic (exact) mass is 456 g/mol. The number of aromatic nitrogens is 5. The normalized spacial score (nSPS) is 16.5. The maximum Gasteiger partial charge on any atom is 0.204 e. The maximum atomic E-state index is 6.03. The average Bonchev–Trinajstić information content (AvgIpc) is 3.45. The minimum atomic E-state index is 0.329. The van der Waals surface area contributed by atoms with Crippen LogP contribution in [0.5, 0.6) is 0 Å². The largest absolute Gasteiger partial charge is 0.277 e. The van der Waals surface area contributed by atoms with Crippen LogP contribution in [0.25, 0.3) is 17.1 Å². The molecule has 0 bridgehead atoms. The highest BCUT2D eigenvalue weighted by Gasteiger charge is 2.28. The Hall–Kier alpha value is -3.16. The van der Waals surface area contributed by atoms with Crippen LogP contribution in [0.4, 0.5) is 0 Å². The molecule has 168 valence electrons. The molecule has 1 atom stereocenters. The van der Waals surface area contributed by atoms with E-state index in [9.17, 15) is 0 Å². The zero-order chi connectivity index (χ0) is 22.8. The highest BCUT2D eigenvalue weighted by atomic mass is 32.1. The van der Waals surface area contributed by atoms with Crippen LogP contribution in [0.2, 0.25) is 0 Å². The number of para-hydroxylation sites is 1. The van der Waals surface area contributed by atoms with Gasteiger partial charge in [0.05, 0.1) is 12.4 Å². The molecule has 1 aliphatic heterocycles. The minimum absolute atomic E-state index is 0.329. The zero-order valence-electron chi connectivity index (χ0n) is 19.0. The number of likely N-dealkylation sites (tertiary alicyclic amines) is 1. The van der Waals surface area contributed by atoms with Gasteiger partial charge in [0.25, 0.3) is 0 Å². The van der Waals surface area contributed by atoms with Gasteiger partial charge in [-0.3, -0.25) is 19.4 Å². The van der Waals surface area contributed by atoms with Crippen LogP contribution in [0.1, 0.15) is 49.8 Å². The van der Waals surface area contributed by atoms with Crippen molar-refractivity contribution in [3.8, 4) is 17.1 Å². The van der Waals surface area contributed by atoms with Crippen molar-refractivity contribution >= 4 is 12.2 Å². The number of pyridine rings is 2. The lowest BCUT2D eigenvalue weighted by Crippen LogP contribution is -2.27. The molecule has 4 heterocycles. The molecule has 33 heavy (non-hydrogen) atoms. The summed E-state index contributed by atoms with van der Waals surface area (Å²) in [5.74, 6) is 1.18. The summed E-state index contributed by atoms with van der Waals surface area (Å²) in [4.78, 5) is 11.1. The summed E-state index contributed by atoms with van der Waals surface area (Å²) in [6.45, 7) is 6.07. The first-order valence-electron chi connectivity index (χ1n) is 11.5. The standard InChI is InChI=1S/C26H28N6S/c1-19(2)22-10-3-4-11-24(22)32-25(21-9-6-14-28-17-21)29-31(26(32)33)18-30-15-7-12-23(30)20-8-5-13-27-16-20/h3-6,8-11,13-14,16-17,19,23H,7,12,15,18H2,1-2H3. The van der Waals surface area contributed by atoms with Crippen molar-refractivity contribution < 1.29 is 0 Å². The molecule has 1 fully saturated rings. The quantitative estimate of drug-likeness (QED) is 0.344. The molecular formula is C26H28N6S. The number of rotatable bonds is 6. The predicted molar refractivity (Wildman–Crippen MR) is 133 cm³/mol. The molecule has 0 N–H and O–H groups in total. The molecule has 6 nitrogen and oxygen atoms in total. The molecule has 0 radical (unpaired) electrons. The third-order valence-electron chi connectivity index (χ3n) is 6.31. The van der Waals surface area contributed by atoms with Gasteiger partial charge in [0, 0.05) is 42.9 Å². The second-order valence-corrected chi connectivity index (χ2v) is 9.16. The second-order valence-electron chi connectivity index (χ2n) is 8.79. The topological polar surface area (TPSA) is 51.8 Å². The third-order valence-corrected chi connectivity index (χ3v) is 6.70. The summed E-state index contributed by atoms with van der Waals surface area (Å²) in [7, 11) is 0. The smallest absolute Gasteiger partial charge is 0.204 e. The van der Waals surface area contributed by atoms with E-state index < -0.39 is 0 Å². The fourth-order valence-corrected chi connectivity index (χ4v) is 4.98. The Balaban J connectivity index is 1.60. The third kappa shape index (κ3) is 4.26. The van der Waals surface area contributed by atoms with Crippen LogP contribution >= 0.6 is 12.2 Å². The molecule has 0 amide bonds. The van der Waals surface area contributed by atoms with E-state index in [0.29, 0.717) is 23.4 Å². The van der Waals surface area contributed by atoms with E-state index in [1.807, 2.05) is 41.5 Å². The number of benzene rings is 1. The van der Waals surface area contributed by atoms with Crippen molar-refractivity contribution in [3.05, 3.63) is 89.2 Å². The van der Waals surface area contributed by atoms with Crippen LogP contribution < -0.4 is 0 Å². The van der Waals surface area contributed by atoms with Crippen LogP contribution in [0.3, 0.4) is 0 Å². The van der Waals surface area contributed by atoms with Gasteiger partial charge >= 0.3 is 0 Å². The summed E-state index contributed by atoms with van der Waals surface area (Å²) >= 11 is 6.03. The summed E-state index contributed by atoms with van der Waals surface area (Å²) in [5.41, 5.74) is 4.52. The van der Waals surface area contributed by atoms with Crippen molar-refractivity contribution in [2.24, 2.45) is 0 Å². The molecule has 3 aromatic heterocycles. The Morgan fingerprint density at radius 2 is 1.79 bits per heavy atom. The van der Waals surface area contributed by atoms with Crippen LogP contribution in [0.15, 0.2) is 73.3 Å². The van der Waals surface area contributed by atoms with Gasteiger partial charge in [0.2, 0.25) is 4.77 Å². The first-order valence-corrected chi connectivity index (χ1v) is 11.9. The summed E-state index contributed by atoms with van der Waals surface area (Å²) in [6, 6.07) is 16.9. The maximum absolute atomic E-state index is 6.03. The van der Waals surface area contributed by atoms with Gasteiger partial charge in [-0.2, -0.15) is 0 Å². The Bertz CT molecular complexity index is 1280. The molecule has 0 spiro atoms. The molecule has 1 aromatic carbocycles. The fraction of sp³-hybridized carbons (Fsp3) is 0.308. The first-order chi connectivity index (χ1) is 16.1. The van der Waals surface area contributed by atoms with Gasteiger partial charge < -0.3 is 0 Å². The molecule has 1 aliphatic rings. The summed E-state index contributed by atoms with van der Waals surface area (Å²) in [5, 5.41) is 5.03. The SMILES string of the molecule is CC(C)c1ccccc1-n1c(-c2cccnc2)nn(CN2CCCC2c2cccnc2)c1=S. The van der Waals surface area contributed by atoms with E-state index in [4.69, 9.17) is 17.3 Å². The van der Waals surface area contributed by atoms with Gasteiger partial charge in [-0.25, -0.2) is 4.68 Å². The summed E-state index contributed by atoms with van der Waals surface area (Å²) in [6.07, 6.45) is 9.70. The van der Waals surface area contributed by atoms with Crippen molar-refractivity contribution in [3.63, 3.8) is 0 Å². The van der Waals surface area contributed by atoms with Crippen molar-refractivity contribution in [1.29, 1.82) is 0 Å². The van der Waals surface area contributed by atoms with E-state index in [0.717, 1.165) is 36.5 Å². The van der Waals surface area contributed by atoms with Crippen molar-refractivity contribution in [1.82, 2.24) is 29.2 Å². The van der Waals surface area contributed by atoms with Crippen molar-refractivity contribution in [2.45, 2.75) is 45.3 Å². The van der Waals surface area contributed by atoms with Gasteiger partial charge in [0.15, 0.2) is 5.82 Å². The number of nitrogens with zero attached hydrogens (tertiary/aromatic N) is 6. The van der Waals surface area contributed by atoms with Crippen LogP contribution in [0, 0.1) is 4.77 Å². The fourth-order valence-electron chi connectivity index (χ4n) is 4.70. The number of hydrogen-bond donors (Lipinski definition) is 0. The van der Waals surface area contributed by atoms with E-state index in [-0.39, 0.29) is 0 Å². The van der Waals surface area contributed by atoms with Gasteiger partial charge in [-0.05, 0) is 66.4 Å². The number of hydrogen-bond acceptors (Lipinski definition) is 5. The van der Waals surface area contributed by atoms with E-state index >= 15 is 0 Å². The lowest BCUT2D eigenvalue weighted by Gasteiger charge is -2.24. The molecule has 5 rings (SSSR count). The lowest BCUT2D eigenvalue weighted by atomic mass is 10.0. The van der Waals surface area contributed by atoms with E-state index in [1.165, 1.54) is 11.1 Å². The lowest BCUT2D eigenvalue weighted by molar-refractivity contribution is 0.190. The average molecular weight is 457 g/mol. The molecule has 4 aromatic rings. The highest BCUT2D eigenvalue weighted by Crippen LogP contribution is 2.33. The van der Waals surface area contributed by atoms with Gasteiger partial charge in [-0.1, -0.05) is 38.1 Å². The Morgan fingerprint density at radius 3 is 2.52 bits per heavy atom. The predicted octanol–water partition coefficient (Wildman–Crippen LogP) is 5.78. The van der Waals surface area contributed by atoms with Gasteiger partial charge in [0.1, 0.15) is 0 Å².